The Balaban J connectivity index is 1.65. The van der Waals surface area contributed by atoms with E-state index in [1.54, 1.807) is 0 Å². The van der Waals surface area contributed by atoms with Gasteiger partial charge in [0, 0.05) is 12.1 Å². The zero-order chi connectivity index (χ0) is 10.1. The molecular weight excluding hydrogens is 182 g/mol. The van der Waals surface area contributed by atoms with Gasteiger partial charge < -0.3 is 5.32 Å². The molecule has 2 fully saturated rings. The van der Waals surface area contributed by atoms with Crippen LogP contribution in [0.2, 0.25) is 0 Å². The molecule has 0 spiro atoms. The first kappa shape index (κ1) is 9.41. The third-order valence-electron chi connectivity index (χ3n) is 3.94. The van der Waals surface area contributed by atoms with E-state index in [1.165, 1.54) is 37.7 Å². The van der Waals surface area contributed by atoms with Crippen molar-refractivity contribution in [2.75, 3.05) is 0 Å². The van der Waals surface area contributed by atoms with E-state index in [9.17, 15) is 0 Å². The van der Waals surface area contributed by atoms with Crippen LogP contribution in [0.25, 0.3) is 0 Å². The second-order valence-corrected chi connectivity index (χ2v) is 5.17. The van der Waals surface area contributed by atoms with Crippen molar-refractivity contribution in [1.82, 2.24) is 5.32 Å². The molecule has 3 rings (SSSR count). The zero-order valence-corrected chi connectivity index (χ0v) is 9.15. The maximum atomic E-state index is 3.71. The molecule has 2 bridgehead atoms. The summed E-state index contributed by atoms with van der Waals surface area (Å²) in [5.41, 5.74) is 1.52. The predicted octanol–water partition coefficient (Wildman–Crippen LogP) is 2.76. The SMILES string of the molecule is c1ccc(CC2C[C@H]3CC[C@@H](C2)N3)cc1. The number of benzene rings is 1. The van der Waals surface area contributed by atoms with Crippen LogP contribution < -0.4 is 5.32 Å². The fourth-order valence-electron chi connectivity index (χ4n) is 3.29. The molecule has 0 aliphatic carbocycles. The molecule has 0 amide bonds. The van der Waals surface area contributed by atoms with Gasteiger partial charge in [-0.15, -0.1) is 0 Å². The van der Waals surface area contributed by atoms with E-state index in [0.717, 1.165) is 18.0 Å². The lowest BCUT2D eigenvalue weighted by atomic mass is 9.87. The Labute approximate surface area is 91.9 Å². The summed E-state index contributed by atoms with van der Waals surface area (Å²) in [6.07, 6.45) is 6.90. The van der Waals surface area contributed by atoms with Gasteiger partial charge in [0.05, 0.1) is 0 Å². The van der Waals surface area contributed by atoms with Gasteiger partial charge in [-0.1, -0.05) is 30.3 Å². The molecule has 2 saturated heterocycles. The van der Waals surface area contributed by atoms with Crippen LogP contribution >= 0.6 is 0 Å². The lowest BCUT2D eigenvalue weighted by molar-refractivity contribution is 0.298. The van der Waals surface area contributed by atoms with E-state index in [0.29, 0.717) is 0 Å². The van der Waals surface area contributed by atoms with Crippen LogP contribution in [0, 0.1) is 5.92 Å². The molecule has 1 heteroatoms. The minimum absolute atomic E-state index is 0.831. The minimum Gasteiger partial charge on any atom is -0.311 e. The maximum absolute atomic E-state index is 3.71. The van der Waals surface area contributed by atoms with E-state index in [2.05, 4.69) is 35.6 Å². The van der Waals surface area contributed by atoms with E-state index < -0.39 is 0 Å². The Morgan fingerprint density at radius 2 is 1.67 bits per heavy atom. The number of rotatable bonds is 2. The third-order valence-corrected chi connectivity index (χ3v) is 3.94. The number of hydrogen-bond acceptors (Lipinski definition) is 1. The number of fused-ring (bicyclic) bond motifs is 2. The van der Waals surface area contributed by atoms with E-state index in [-0.39, 0.29) is 0 Å². The molecule has 1 aromatic carbocycles. The average molecular weight is 201 g/mol. The molecule has 1 N–H and O–H groups in total. The highest BCUT2D eigenvalue weighted by atomic mass is 15.0. The van der Waals surface area contributed by atoms with Crippen molar-refractivity contribution < 1.29 is 0 Å². The van der Waals surface area contributed by atoms with Gasteiger partial charge in [0.2, 0.25) is 0 Å². The van der Waals surface area contributed by atoms with Gasteiger partial charge in [0.15, 0.2) is 0 Å². The van der Waals surface area contributed by atoms with Crippen LogP contribution in [0.1, 0.15) is 31.2 Å². The molecule has 15 heavy (non-hydrogen) atoms. The summed E-state index contributed by atoms with van der Waals surface area (Å²) in [4.78, 5) is 0. The van der Waals surface area contributed by atoms with Crippen molar-refractivity contribution in [1.29, 1.82) is 0 Å². The molecule has 80 valence electrons. The molecule has 0 aromatic heterocycles. The van der Waals surface area contributed by atoms with E-state index >= 15 is 0 Å². The molecule has 1 nitrogen and oxygen atoms in total. The smallest absolute Gasteiger partial charge is 0.00729 e. The fourth-order valence-corrected chi connectivity index (χ4v) is 3.29. The first-order valence-electron chi connectivity index (χ1n) is 6.20. The second-order valence-electron chi connectivity index (χ2n) is 5.17. The Kier molecular flexibility index (Phi) is 2.49. The number of hydrogen-bond donors (Lipinski definition) is 1. The summed E-state index contributed by atoms with van der Waals surface area (Å²) in [5, 5.41) is 3.71. The minimum atomic E-state index is 0.831. The first-order chi connectivity index (χ1) is 7.40. The largest absolute Gasteiger partial charge is 0.311 e. The molecule has 0 radical (unpaired) electrons. The van der Waals surface area contributed by atoms with Crippen LogP contribution in [-0.4, -0.2) is 12.1 Å². The van der Waals surface area contributed by atoms with Crippen LogP contribution in [0.4, 0.5) is 0 Å². The van der Waals surface area contributed by atoms with Crippen LogP contribution in [0.5, 0.6) is 0 Å². The topological polar surface area (TPSA) is 12.0 Å². The van der Waals surface area contributed by atoms with Crippen molar-refractivity contribution in [2.24, 2.45) is 5.92 Å². The van der Waals surface area contributed by atoms with Crippen molar-refractivity contribution in [3.8, 4) is 0 Å². The third kappa shape index (κ3) is 2.07. The maximum Gasteiger partial charge on any atom is 0.00729 e. The quantitative estimate of drug-likeness (QED) is 0.776. The van der Waals surface area contributed by atoms with Crippen LogP contribution in [-0.2, 0) is 6.42 Å². The number of piperidine rings is 1. The Morgan fingerprint density at radius 1 is 1.00 bits per heavy atom. The summed E-state index contributed by atoms with van der Waals surface area (Å²) < 4.78 is 0. The van der Waals surface area contributed by atoms with Gasteiger partial charge in [-0.25, -0.2) is 0 Å². The molecule has 3 atom stereocenters. The molecular formula is C14H19N. The highest BCUT2D eigenvalue weighted by Gasteiger charge is 2.33. The van der Waals surface area contributed by atoms with Crippen molar-refractivity contribution >= 4 is 0 Å². The summed E-state index contributed by atoms with van der Waals surface area (Å²) in [6, 6.07) is 12.6. The Morgan fingerprint density at radius 3 is 2.33 bits per heavy atom. The molecule has 0 saturated carbocycles. The van der Waals surface area contributed by atoms with Gasteiger partial charge in [-0.05, 0) is 43.6 Å². The summed E-state index contributed by atoms with van der Waals surface area (Å²) >= 11 is 0. The lowest BCUT2D eigenvalue weighted by Crippen LogP contribution is -2.38. The van der Waals surface area contributed by atoms with Crippen LogP contribution in [0.15, 0.2) is 30.3 Å². The highest BCUT2D eigenvalue weighted by molar-refractivity contribution is 5.15. The van der Waals surface area contributed by atoms with Crippen LogP contribution in [0.3, 0.4) is 0 Å². The van der Waals surface area contributed by atoms with Gasteiger partial charge in [0.1, 0.15) is 0 Å². The normalized spacial score (nSPS) is 34.3. The fraction of sp³-hybridized carbons (Fsp3) is 0.571. The monoisotopic (exact) mass is 201 g/mol. The van der Waals surface area contributed by atoms with Gasteiger partial charge >= 0.3 is 0 Å². The summed E-state index contributed by atoms with van der Waals surface area (Å²) in [7, 11) is 0. The van der Waals surface area contributed by atoms with Crippen molar-refractivity contribution in [2.45, 2.75) is 44.2 Å². The summed E-state index contributed by atoms with van der Waals surface area (Å²) in [6.45, 7) is 0. The lowest BCUT2D eigenvalue weighted by Gasteiger charge is -2.29. The molecule has 2 aliphatic rings. The van der Waals surface area contributed by atoms with Crippen molar-refractivity contribution in [3.05, 3.63) is 35.9 Å². The Hall–Kier alpha value is -0.820. The van der Waals surface area contributed by atoms with Crippen molar-refractivity contribution in [3.63, 3.8) is 0 Å². The zero-order valence-electron chi connectivity index (χ0n) is 9.15. The standard InChI is InChI=1S/C14H19N/c1-2-4-11(5-3-1)8-12-9-13-6-7-14(10-12)15-13/h1-5,12-15H,6-10H2/t12?,13-,14+. The van der Waals surface area contributed by atoms with Gasteiger partial charge in [-0.2, -0.15) is 0 Å². The Bertz CT molecular complexity index is 307. The highest BCUT2D eigenvalue weighted by Crippen LogP contribution is 2.32. The molecule has 1 unspecified atom stereocenters. The van der Waals surface area contributed by atoms with Gasteiger partial charge in [-0.3, -0.25) is 0 Å². The second kappa shape index (κ2) is 3.97. The van der Waals surface area contributed by atoms with Gasteiger partial charge in [0.25, 0.3) is 0 Å². The summed E-state index contributed by atoms with van der Waals surface area (Å²) in [5.74, 6) is 0.922. The first-order valence-corrected chi connectivity index (χ1v) is 6.20. The molecule has 2 heterocycles. The van der Waals surface area contributed by atoms with E-state index in [1.807, 2.05) is 0 Å². The molecule has 2 aliphatic heterocycles. The van der Waals surface area contributed by atoms with E-state index in [4.69, 9.17) is 0 Å². The number of nitrogens with one attached hydrogen (secondary N) is 1. The molecule has 1 aromatic rings. The predicted molar refractivity (Wildman–Crippen MR) is 62.8 cm³/mol. The average Bonchev–Trinajstić information content (AvgIpc) is 2.60.